The van der Waals surface area contributed by atoms with Crippen LogP contribution < -0.4 is 5.32 Å². The van der Waals surface area contributed by atoms with Gasteiger partial charge in [-0.05, 0) is 55.3 Å². The van der Waals surface area contributed by atoms with Gasteiger partial charge in [0.15, 0.2) is 0 Å². The molecular formula is C32H30FN5O4. The van der Waals surface area contributed by atoms with Crippen LogP contribution in [0.4, 0.5) is 16.0 Å². The summed E-state index contributed by atoms with van der Waals surface area (Å²) in [5.74, 6) is -0.527. The lowest BCUT2D eigenvalue weighted by molar-refractivity contribution is -0.139. The van der Waals surface area contributed by atoms with Gasteiger partial charge in [0, 0.05) is 29.6 Å². The van der Waals surface area contributed by atoms with Crippen LogP contribution >= 0.6 is 0 Å². The summed E-state index contributed by atoms with van der Waals surface area (Å²) in [5.41, 5.74) is 4.08. The zero-order valence-electron chi connectivity index (χ0n) is 22.6. The lowest BCUT2D eigenvalue weighted by atomic mass is 10.1. The number of benzene rings is 3. The molecule has 2 atom stereocenters. The number of aromatic nitrogens is 4. The molecule has 42 heavy (non-hydrogen) atoms. The van der Waals surface area contributed by atoms with Crippen molar-refractivity contribution in [2.45, 2.75) is 38.0 Å². The Morgan fingerprint density at radius 1 is 0.857 bits per heavy atom. The molecule has 0 spiro atoms. The number of aliphatic hydroxyl groups excluding tert-OH is 2. The van der Waals surface area contributed by atoms with Crippen LogP contribution in [0.25, 0.3) is 34.0 Å². The summed E-state index contributed by atoms with van der Waals surface area (Å²) in [6.45, 7) is 0.283. The molecule has 0 amide bonds. The maximum atomic E-state index is 14.0. The third-order valence-electron chi connectivity index (χ3n) is 6.69. The second-order valence-electron chi connectivity index (χ2n) is 9.84. The number of anilines is 2. The van der Waals surface area contributed by atoms with Crippen molar-refractivity contribution in [2.24, 2.45) is 0 Å². The molecule has 0 bridgehead atoms. The van der Waals surface area contributed by atoms with E-state index in [1.54, 1.807) is 24.4 Å². The number of halogens is 1. The van der Waals surface area contributed by atoms with E-state index in [1.807, 2.05) is 65.2 Å². The van der Waals surface area contributed by atoms with E-state index in [-0.39, 0.29) is 25.2 Å². The van der Waals surface area contributed by atoms with Gasteiger partial charge in [-0.1, -0.05) is 48.5 Å². The Morgan fingerprint density at radius 3 is 2.24 bits per heavy atom. The number of nitrogens with one attached hydrogen (secondary N) is 1. The van der Waals surface area contributed by atoms with E-state index in [0.29, 0.717) is 34.4 Å². The first kappa shape index (κ1) is 28.6. The topological polar surface area (TPSA) is 133 Å². The van der Waals surface area contributed by atoms with Gasteiger partial charge in [0.05, 0.1) is 30.0 Å². The molecule has 9 nitrogen and oxygen atoms in total. The second-order valence-corrected chi connectivity index (χ2v) is 9.84. The van der Waals surface area contributed by atoms with Crippen molar-refractivity contribution in [1.82, 2.24) is 19.5 Å². The van der Waals surface area contributed by atoms with E-state index in [2.05, 4.69) is 10.3 Å². The highest BCUT2D eigenvalue weighted by atomic mass is 19.1. The highest BCUT2D eigenvalue weighted by Crippen LogP contribution is 2.36. The summed E-state index contributed by atoms with van der Waals surface area (Å²) >= 11 is 0. The summed E-state index contributed by atoms with van der Waals surface area (Å²) in [5, 5.41) is 32.9. The Balaban J connectivity index is 1.59. The van der Waals surface area contributed by atoms with Gasteiger partial charge < -0.3 is 25.2 Å². The molecule has 0 saturated carbocycles. The maximum absolute atomic E-state index is 14.0. The van der Waals surface area contributed by atoms with Gasteiger partial charge in [-0.2, -0.15) is 0 Å². The number of para-hydroxylation sites is 1. The van der Waals surface area contributed by atoms with Crippen molar-refractivity contribution in [3.8, 4) is 34.0 Å². The maximum Gasteiger partial charge on any atom is 0.305 e. The fourth-order valence-electron chi connectivity index (χ4n) is 4.75. The van der Waals surface area contributed by atoms with Gasteiger partial charge in [-0.25, -0.2) is 19.3 Å². The molecule has 10 heteroatoms. The van der Waals surface area contributed by atoms with E-state index in [9.17, 15) is 19.4 Å². The van der Waals surface area contributed by atoms with E-state index in [1.165, 1.54) is 12.1 Å². The molecule has 0 radical (unpaired) electrons. The number of carboxylic acids is 1. The number of hydrogen-bond acceptors (Lipinski definition) is 7. The zero-order valence-corrected chi connectivity index (χ0v) is 22.6. The summed E-state index contributed by atoms with van der Waals surface area (Å²) in [4.78, 5) is 25.1. The Morgan fingerprint density at radius 2 is 1.55 bits per heavy atom. The van der Waals surface area contributed by atoms with Crippen molar-refractivity contribution in [2.75, 3.05) is 5.32 Å². The number of rotatable bonds is 12. The predicted octanol–water partition coefficient (Wildman–Crippen LogP) is 5.53. The molecule has 2 heterocycles. The Hall–Kier alpha value is -4.93. The second kappa shape index (κ2) is 13.2. The number of aliphatic hydroxyl groups is 2. The van der Waals surface area contributed by atoms with E-state index < -0.39 is 24.6 Å². The largest absolute Gasteiger partial charge is 0.481 e. The van der Waals surface area contributed by atoms with Gasteiger partial charge in [-0.3, -0.25) is 4.79 Å². The first-order chi connectivity index (χ1) is 20.4. The highest BCUT2D eigenvalue weighted by molar-refractivity contribution is 5.81. The van der Waals surface area contributed by atoms with Gasteiger partial charge in [0.25, 0.3) is 0 Å². The number of imidazole rings is 1. The van der Waals surface area contributed by atoms with Gasteiger partial charge in [-0.15, -0.1) is 0 Å². The first-order valence-corrected chi connectivity index (χ1v) is 13.5. The first-order valence-electron chi connectivity index (χ1n) is 13.5. The predicted molar refractivity (Wildman–Crippen MR) is 157 cm³/mol. The van der Waals surface area contributed by atoms with Crippen molar-refractivity contribution in [3.05, 3.63) is 103 Å². The van der Waals surface area contributed by atoms with Gasteiger partial charge in [0.2, 0.25) is 5.95 Å². The van der Waals surface area contributed by atoms with Crippen molar-refractivity contribution in [3.63, 3.8) is 0 Å². The Labute approximate surface area is 242 Å². The number of hydrogen-bond donors (Lipinski definition) is 4. The molecule has 2 aromatic heterocycles. The molecule has 0 aliphatic rings. The molecule has 3 aromatic carbocycles. The molecule has 0 aliphatic carbocycles. The number of nitrogens with zero attached hydrogens (tertiary/aromatic N) is 4. The Bertz CT molecular complexity index is 1630. The zero-order chi connectivity index (χ0) is 29.5. The molecule has 0 fully saturated rings. The van der Waals surface area contributed by atoms with Crippen molar-refractivity contribution in [1.29, 1.82) is 0 Å². The summed E-state index contributed by atoms with van der Waals surface area (Å²) in [7, 11) is 0. The highest BCUT2D eigenvalue weighted by Gasteiger charge is 2.24. The van der Waals surface area contributed by atoms with Gasteiger partial charge >= 0.3 is 5.97 Å². The minimum absolute atomic E-state index is 0.0825. The molecule has 5 rings (SSSR count). The smallest absolute Gasteiger partial charge is 0.305 e. The summed E-state index contributed by atoms with van der Waals surface area (Å²) in [6.07, 6.45) is -0.814. The summed E-state index contributed by atoms with van der Waals surface area (Å²) < 4.78 is 15.9. The fourth-order valence-corrected chi connectivity index (χ4v) is 4.75. The average molecular weight is 568 g/mol. The fraction of sp³-hybridized carbons (Fsp3) is 0.188. The minimum Gasteiger partial charge on any atom is -0.481 e. The lowest BCUT2D eigenvalue weighted by Gasteiger charge is -2.18. The molecule has 214 valence electrons. The molecule has 4 N–H and O–H groups in total. The van der Waals surface area contributed by atoms with Gasteiger partial charge in [0.1, 0.15) is 17.3 Å². The number of carboxylic acid groups (broad SMARTS) is 1. The monoisotopic (exact) mass is 567 g/mol. The number of aliphatic carboxylic acids is 1. The van der Waals surface area contributed by atoms with Crippen LogP contribution in [0.5, 0.6) is 0 Å². The van der Waals surface area contributed by atoms with Crippen molar-refractivity contribution < 1.29 is 24.5 Å². The van der Waals surface area contributed by atoms with E-state index in [4.69, 9.17) is 15.1 Å². The summed E-state index contributed by atoms with van der Waals surface area (Å²) in [6, 6.07) is 26.9. The van der Waals surface area contributed by atoms with E-state index in [0.717, 1.165) is 11.3 Å². The standard InChI is InChI=1S/C32H30FN5O4/c33-23-13-11-21(12-14-23)30-29(27-15-17-34-32(36-27)35-24-9-5-2-6-10-24)37-31(22-7-3-1-4-8-22)38(30)18-16-25(39)19-26(40)20-28(41)42/h1-15,17,25-26,39-40H,16,18-20H2,(H,41,42)(H,34,35,36)/t25?,26-/m1/s1. The quantitative estimate of drug-likeness (QED) is 0.155. The van der Waals surface area contributed by atoms with Crippen LogP contribution in [0.3, 0.4) is 0 Å². The molecule has 0 saturated heterocycles. The van der Waals surface area contributed by atoms with Crippen LogP contribution in [-0.2, 0) is 11.3 Å². The van der Waals surface area contributed by atoms with Crippen molar-refractivity contribution >= 4 is 17.6 Å². The Kier molecular flexibility index (Phi) is 8.96. The van der Waals surface area contributed by atoms with Crippen LogP contribution in [0.2, 0.25) is 0 Å². The SMILES string of the molecule is O=C(O)C[C@H](O)CC(O)CCn1c(-c2ccccc2)nc(-c2ccnc(Nc3ccccc3)n2)c1-c1ccc(F)cc1. The number of carbonyl (C=O) groups is 1. The van der Waals surface area contributed by atoms with Crippen LogP contribution in [0.1, 0.15) is 19.3 Å². The average Bonchev–Trinajstić information content (AvgIpc) is 3.37. The van der Waals surface area contributed by atoms with Crippen LogP contribution in [-0.4, -0.2) is 53.0 Å². The normalized spacial score (nSPS) is 12.5. The van der Waals surface area contributed by atoms with E-state index >= 15 is 0 Å². The molecule has 0 aliphatic heterocycles. The lowest BCUT2D eigenvalue weighted by Crippen LogP contribution is -2.22. The van der Waals surface area contributed by atoms with Crippen LogP contribution in [0.15, 0.2) is 97.2 Å². The molecule has 1 unspecified atom stereocenters. The third-order valence-corrected chi connectivity index (χ3v) is 6.69. The van der Waals surface area contributed by atoms with Crippen LogP contribution in [0, 0.1) is 5.82 Å². The minimum atomic E-state index is -1.17. The third kappa shape index (κ3) is 7.03. The molecule has 5 aromatic rings. The molecular weight excluding hydrogens is 537 g/mol.